The zero-order chi connectivity index (χ0) is 10.3. The van der Waals surface area contributed by atoms with Crippen molar-refractivity contribution in [2.45, 2.75) is 59.8 Å². The van der Waals surface area contributed by atoms with Crippen LogP contribution in [-0.4, -0.2) is 5.75 Å². The molecule has 0 N–H and O–H groups in total. The minimum Gasteiger partial charge on any atom is -0.179 e. The molecule has 0 aromatic carbocycles. The van der Waals surface area contributed by atoms with Crippen molar-refractivity contribution in [1.82, 2.24) is 0 Å². The molecule has 0 amide bonds. The highest BCUT2D eigenvalue weighted by molar-refractivity contribution is 7.80. The smallest absolute Gasteiger partial charge is 0.00927 e. The summed E-state index contributed by atoms with van der Waals surface area (Å²) in [6.07, 6.45) is 6.74. The third-order valence-corrected chi connectivity index (χ3v) is 3.55. The molecule has 1 heteroatoms. The maximum atomic E-state index is 4.32. The molecule has 0 nitrogen and oxygen atoms in total. The van der Waals surface area contributed by atoms with Crippen LogP contribution in [0.15, 0.2) is 0 Å². The SMILES string of the molecule is CCCCCC(C)C(C)(C)CCS. The van der Waals surface area contributed by atoms with E-state index in [0.717, 1.165) is 11.7 Å². The molecule has 0 heterocycles. The van der Waals surface area contributed by atoms with E-state index >= 15 is 0 Å². The van der Waals surface area contributed by atoms with Gasteiger partial charge in [-0.2, -0.15) is 12.6 Å². The fourth-order valence-corrected chi connectivity index (χ4v) is 2.20. The second kappa shape index (κ2) is 6.75. The molecule has 1 unspecified atom stereocenters. The largest absolute Gasteiger partial charge is 0.179 e. The third-order valence-electron chi connectivity index (χ3n) is 3.33. The first-order valence-electron chi connectivity index (χ1n) is 5.65. The van der Waals surface area contributed by atoms with Gasteiger partial charge in [-0.15, -0.1) is 0 Å². The van der Waals surface area contributed by atoms with Crippen LogP contribution in [-0.2, 0) is 0 Å². The summed E-state index contributed by atoms with van der Waals surface area (Å²) >= 11 is 4.32. The number of thiol groups is 1. The van der Waals surface area contributed by atoms with Crippen molar-refractivity contribution in [1.29, 1.82) is 0 Å². The summed E-state index contributed by atoms with van der Waals surface area (Å²) in [6, 6.07) is 0. The molecule has 0 rings (SSSR count). The normalized spacial score (nSPS) is 14.5. The molecule has 0 aromatic rings. The highest BCUT2D eigenvalue weighted by Gasteiger charge is 2.23. The Morgan fingerprint density at radius 2 is 1.85 bits per heavy atom. The Kier molecular flexibility index (Phi) is 6.93. The van der Waals surface area contributed by atoms with Crippen LogP contribution >= 0.6 is 12.6 Å². The molecule has 0 spiro atoms. The summed E-state index contributed by atoms with van der Waals surface area (Å²) in [5.74, 6) is 1.86. The zero-order valence-corrected chi connectivity index (χ0v) is 10.7. The van der Waals surface area contributed by atoms with E-state index in [1.165, 1.54) is 32.1 Å². The van der Waals surface area contributed by atoms with Gasteiger partial charge < -0.3 is 0 Å². The molecule has 0 aliphatic rings. The van der Waals surface area contributed by atoms with Crippen molar-refractivity contribution in [2.75, 3.05) is 5.75 Å². The Morgan fingerprint density at radius 1 is 1.23 bits per heavy atom. The summed E-state index contributed by atoms with van der Waals surface area (Å²) < 4.78 is 0. The molecule has 0 saturated carbocycles. The van der Waals surface area contributed by atoms with Gasteiger partial charge in [0.05, 0.1) is 0 Å². The molecule has 0 aliphatic carbocycles. The Balaban J connectivity index is 3.72. The molecule has 1 atom stereocenters. The third kappa shape index (κ3) is 5.61. The average Bonchev–Trinajstić information content (AvgIpc) is 2.04. The quantitative estimate of drug-likeness (QED) is 0.454. The Bertz CT molecular complexity index is 118. The summed E-state index contributed by atoms with van der Waals surface area (Å²) in [7, 11) is 0. The van der Waals surface area contributed by atoms with Crippen molar-refractivity contribution >= 4 is 12.6 Å². The van der Waals surface area contributed by atoms with Gasteiger partial charge in [0, 0.05) is 0 Å². The molecule has 13 heavy (non-hydrogen) atoms. The van der Waals surface area contributed by atoms with Gasteiger partial charge in [-0.3, -0.25) is 0 Å². The van der Waals surface area contributed by atoms with Crippen LogP contribution in [0.1, 0.15) is 59.8 Å². The highest BCUT2D eigenvalue weighted by atomic mass is 32.1. The number of hydrogen-bond acceptors (Lipinski definition) is 1. The summed E-state index contributed by atoms with van der Waals surface area (Å²) in [6.45, 7) is 9.41. The molecule has 0 radical (unpaired) electrons. The summed E-state index contributed by atoms with van der Waals surface area (Å²) in [4.78, 5) is 0. The van der Waals surface area contributed by atoms with Gasteiger partial charge in [-0.1, -0.05) is 53.4 Å². The van der Waals surface area contributed by atoms with Gasteiger partial charge in [0.25, 0.3) is 0 Å². The van der Waals surface area contributed by atoms with Gasteiger partial charge in [0.2, 0.25) is 0 Å². The maximum absolute atomic E-state index is 4.32. The van der Waals surface area contributed by atoms with Gasteiger partial charge >= 0.3 is 0 Å². The lowest BCUT2D eigenvalue weighted by molar-refractivity contribution is 0.207. The van der Waals surface area contributed by atoms with Crippen LogP contribution in [0, 0.1) is 11.3 Å². The Labute approximate surface area is 89.9 Å². The first-order chi connectivity index (χ1) is 6.04. The lowest BCUT2D eigenvalue weighted by Gasteiger charge is -2.31. The molecular weight excluding hydrogens is 176 g/mol. The topological polar surface area (TPSA) is 0 Å². The van der Waals surface area contributed by atoms with Crippen LogP contribution in [0.3, 0.4) is 0 Å². The molecular formula is C12H26S. The lowest BCUT2D eigenvalue weighted by Crippen LogP contribution is -2.22. The van der Waals surface area contributed by atoms with E-state index in [1.807, 2.05) is 0 Å². The van der Waals surface area contributed by atoms with Crippen molar-refractivity contribution in [3.8, 4) is 0 Å². The predicted molar refractivity (Wildman–Crippen MR) is 65.6 cm³/mol. The van der Waals surface area contributed by atoms with Crippen LogP contribution in [0.4, 0.5) is 0 Å². The first-order valence-corrected chi connectivity index (χ1v) is 6.28. The lowest BCUT2D eigenvalue weighted by atomic mass is 9.75. The van der Waals surface area contributed by atoms with E-state index in [-0.39, 0.29) is 0 Å². The van der Waals surface area contributed by atoms with Crippen LogP contribution in [0.25, 0.3) is 0 Å². The van der Waals surface area contributed by atoms with E-state index in [9.17, 15) is 0 Å². The zero-order valence-electron chi connectivity index (χ0n) is 9.77. The van der Waals surface area contributed by atoms with E-state index in [1.54, 1.807) is 0 Å². The fourth-order valence-electron chi connectivity index (χ4n) is 1.63. The van der Waals surface area contributed by atoms with Crippen molar-refractivity contribution < 1.29 is 0 Å². The standard InChI is InChI=1S/C12H26S/c1-5-6-7-8-11(2)12(3,4)9-10-13/h11,13H,5-10H2,1-4H3. The molecule has 0 bridgehead atoms. The molecule has 0 saturated heterocycles. The van der Waals surface area contributed by atoms with Crippen molar-refractivity contribution in [3.63, 3.8) is 0 Å². The van der Waals surface area contributed by atoms with Gasteiger partial charge in [-0.05, 0) is 23.5 Å². The summed E-state index contributed by atoms with van der Waals surface area (Å²) in [5, 5.41) is 0. The monoisotopic (exact) mass is 202 g/mol. The maximum Gasteiger partial charge on any atom is -0.00927 e. The minimum absolute atomic E-state index is 0.482. The molecule has 0 fully saturated rings. The number of unbranched alkanes of at least 4 members (excludes halogenated alkanes) is 2. The average molecular weight is 202 g/mol. The number of hydrogen-bond donors (Lipinski definition) is 1. The summed E-state index contributed by atoms with van der Waals surface area (Å²) in [5.41, 5.74) is 0.482. The van der Waals surface area contributed by atoms with Crippen LogP contribution in [0.2, 0.25) is 0 Å². The van der Waals surface area contributed by atoms with E-state index < -0.39 is 0 Å². The fraction of sp³-hybridized carbons (Fsp3) is 1.00. The second-order valence-electron chi connectivity index (χ2n) is 4.86. The van der Waals surface area contributed by atoms with Crippen molar-refractivity contribution in [3.05, 3.63) is 0 Å². The molecule has 0 aliphatic heterocycles. The van der Waals surface area contributed by atoms with Gasteiger partial charge in [-0.25, -0.2) is 0 Å². The van der Waals surface area contributed by atoms with E-state index in [0.29, 0.717) is 5.41 Å². The van der Waals surface area contributed by atoms with Gasteiger partial charge in [0.1, 0.15) is 0 Å². The van der Waals surface area contributed by atoms with Crippen molar-refractivity contribution in [2.24, 2.45) is 11.3 Å². The minimum atomic E-state index is 0.482. The van der Waals surface area contributed by atoms with Crippen LogP contribution in [0.5, 0.6) is 0 Å². The Hall–Kier alpha value is 0.350. The highest BCUT2D eigenvalue weighted by Crippen LogP contribution is 2.34. The van der Waals surface area contributed by atoms with Crippen LogP contribution < -0.4 is 0 Å². The molecule has 0 aromatic heterocycles. The molecule has 80 valence electrons. The Morgan fingerprint density at radius 3 is 2.31 bits per heavy atom. The second-order valence-corrected chi connectivity index (χ2v) is 5.31. The van der Waals surface area contributed by atoms with Gasteiger partial charge in [0.15, 0.2) is 0 Å². The van der Waals surface area contributed by atoms with E-state index in [2.05, 4.69) is 40.3 Å². The first kappa shape index (κ1) is 13.4. The van der Waals surface area contributed by atoms with E-state index in [4.69, 9.17) is 0 Å². The predicted octanol–water partition coefficient (Wildman–Crippen LogP) is 4.55. The number of rotatable bonds is 7.